The Bertz CT molecular complexity index is 471. The molecule has 2 rings (SSSR count). The Balaban J connectivity index is 2.21. The van der Waals surface area contributed by atoms with Crippen LogP contribution in [0.3, 0.4) is 0 Å². The summed E-state index contributed by atoms with van der Waals surface area (Å²) in [7, 11) is 0.902. The zero-order chi connectivity index (χ0) is 16.7. The van der Waals surface area contributed by atoms with E-state index in [4.69, 9.17) is 0 Å². The molecule has 6 nitrogen and oxygen atoms in total. The minimum atomic E-state index is -4.77. The van der Waals surface area contributed by atoms with Gasteiger partial charge in [0, 0.05) is 38.4 Å². The summed E-state index contributed by atoms with van der Waals surface area (Å²) in [4.78, 5) is 25.6. The van der Waals surface area contributed by atoms with Crippen molar-refractivity contribution in [2.24, 2.45) is 5.92 Å². The fourth-order valence-corrected chi connectivity index (χ4v) is 3.44. The van der Waals surface area contributed by atoms with Crippen LogP contribution in [0.5, 0.6) is 0 Å². The number of methoxy groups -OCH3 is 1. The highest BCUT2D eigenvalue weighted by atomic mass is 19.4. The Labute approximate surface area is 125 Å². The first-order chi connectivity index (χ1) is 10.1. The molecule has 22 heavy (non-hydrogen) atoms. The van der Waals surface area contributed by atoms with Gasteiger partial charge in [0.05, 0.1) is 7.11 Å². The SMILES string of the molecule is CCN1C(=O)C[C@@H]2CN(C(C(=O)OC)C(F)(F)F)CC[C@@]21O. The maximum absolute atomic E-state index is 13.1. The predicted molar refractivity (Wildman–Crippen MR) is 68.5 cm³/mol. The van der Waals surface area contributed by atoms with E-state index in [1.807, 2.05) is 0 Å². The van der Waals surface area contributed by atoms with Gasteiger partial charge in [0.2, 0.25) is 11.9 Å². The number of piperidine rings is 1. The van der Waals surface area contributed by atoms with Crippen LogP contribution in [0, 0.1) is 5.92 Å². The molecule has 126 valence electrons. The molecule has 0 spiro atoms. The van der Waals surface area contributed by atoms with Crippen LogP contribution in [0.2, 0.25) is 0 Å². The highest BCUT2D eigenvalue weighted by Crippen LogP contribution is 2.41. The molecule has 9 heteroatoms. The van der Waals surface area contributed by atoms with Gasteiger partial charge in [-0.15, -0.1) is 0 Å². The normalized spacial score (nSPS) is 31.1. The molecule has 2 saturated heterocycles. The van der Waals surface area contributed by atoms with Crippen molar-refractivity contribution in [2.75, 3.05) is 26.7 Å². The Hall–Kier alpha value is -1.35. The molecule has 2 aliphatic heterocycles. The summed E-state index contributed by atoms with van der Waals surface area (Å²) >= 11 is 0. The van der Waals surface area contributed by atoms with Crippen molar-refractivity contribution in [3.63, 3.8) is 0 Å². The zero-order valence-corrected chi connectivity index (χ0v) is 12.4. The number of fused-ring (bicyclic) bond motifs is 1. The number of alkyl halides is 3. The molecule has 0 aromatic rings. The number of rotatable bonds is 3. The number of carbonyl (C=O) groups is 2. The first kappa shape index (κ1) is 17.0. The molecule has 0 bridgehead atoms. The van der Waals surface area contributed by atoms with Crippen LogP contribution in [0.15, 0.2) is 0 Å². The van der Waals surface area contributed by atoms with Gasteiger partial charge in [0.25, 0.3) is 0 Å². The molecule has 0 aromatic heterocycles. The number of nitrogens with zero attached hydrogens (tertiary/aromatic N) is 2. The second-order valence-corrected chi connectivity index (χ2v) is 5.63. The van der Waals surface area contributed by atoms with Gasteiger partial charge in [-0.2, -0.15) is 13.2 Å². The molecular formula is C13H19F3N2O4. The molecular weight excluding hydrogens is 305 g/mol. The summed E-state index contributed by atoms with van der Waals surface area (Å²) < 4.78 is 43.6. The predicted octanol–water partition coefficient (Wildman–Crippen LogP) is 0.353. The van der Waals surface area contributed by atoms with Crippen molar-refractivity contribution >= 4 is 11.9 Å². The van der Waals surface area contributed by atoms with E-state index in [1.165, 1.54) is 4.90 Å². The molecule has 0 saturated carbocycles. The van der Waals surface area contributed by atoms with Gasteiger partial charge >= 0.3 is 12.1 Å². The molecule has 1 unspecified atom stereocenters. The quantitative estimate of drug-likeness (QED) is 0.759. The molecule has 2 heterocycles. The van der Waals surface area contributed by atoms with Crippen LogP contribution in [-0.4, -0.2) is 71.5 Å². The van der Waals surface area contributed by atoms with Crippen LogP contribution in [0.4, 0.5) is 13.2 Å². The molecule has 0 radical (unpaired) electrons. The number of likely N-dealkylation sites (tertiary alicyclic amines) is 2. The number of ether oxygens (including phenoxy) is 1. The Morgan fingerprint density at radius 3 is 2.68 bits per heavy atom. The van der Waals surface area contributed by atoms with E-state index in [0.29, 0.717) is 6.54 Å². The lowest BCUT2D eigenvalue weighted by Gasteiger charge is -2.45. The number of carbonyl (C=O) groups excluding carboxylic acids is 2. The van der Waals surface area contributed by atoms with Crippen molar-refractivity contribution in [1.82, 2.24) is 9.80 Å². The van der Waals surface area contributed by atoms with E-state index in [-0.39, 0.29) is 31.8 Å². The van der Waals surface area contributed by atoms with Gasteiger partial charge in [0.1, 0.15) is 5.72 Å². The monoisotopic (exact) mass is 324 g/mol. The van der Waals surface area contributed by atoms with Crippen LogP contribution in [0.25, 0.3) is 0 Å². The lowest BCUT2D eigenvalue weighted by Crippen LogP contribution is -2.62. The summed E-state index contributed by atoms with van der Waals surface area (Å²) in [5, 5.41) is 10.6. The van der Waals surface area contributed by atoms with E-state index in [0.717, 1.165) is 12.0 Å². The van der Waals surface area contributed by atoms with Crippen molar-refractivity contribution in [1.29, 1.82) is 0 Å². The third-order valence-corrected chi connectivity index (χ3v) is 4.48. The van der Waals surface area contributed by atoms with Crippen molar-refractivity contribution in [3.05, 3.63) is 0 Å². The van der Waals surface area contributed by atoms with Gasteiger partial charge in [-0.25, -0.2) is 4.79 Å². The maximum atomic E-state index is 13.1. The number of halogens is 3. The summed E-state index contributed by atoms with van der Waals surface area (Å²) in [6.45, 7) is 1.68. The van der Waals surface area contributed by atoms with Gasteiger partial charge in [-0.05, 0) is 6.92 Å². The first-order valence-corrected chi connectivity index (χ1v) is 7.06. The van der Waals surface area contributed by atoms with Gasteiger partial charge < -0.3 is 14.7 Å². The standard InChI is InChI=1S/C13H19F3N2O4/c1-3-18-9(19)6-8-7-17(5-4-12(8,18)21)10(11(20)22-2)13(14,15)16/h8,10,21H,3-7H2,1-2H3/t8-,10?,12-/m1/s1. The van der Waals surface area contributed by atoms with Crippen molar-refractivity contribution in [3.8, 4) is 0 Å². The van der Waals surface area contributed by atoms with E-state index in [9.17, 15) is 27.9 Å². The van der Waals surface area contributed by atoms with Crippen LogP contribution in [0.1, 0.15) is 19.8 Å². The second kappa shape index (κ2) is 5.69. The lowest BCUT2D eigenvalue weighted by atomic mass is 9.88. The van der Waals surface area contributed by atoms with E-state index in [1.54, 1.807) is 6.92 Å². The molecule has 0 aromatic carbocycles. The minimum absolute atomic E-state index is 0.0212. The Morgan fingerprint density at radius 1 is 1.55 bits per heavy atom. The molecule has 2 aliphatic rings. The van der Waals surface area contributed by atoms with Gasteiger partial charge in [0.15, 0.2) is 0 Å². The number of amides is 1. The zero-order valence-electron chi connectivity index (χ0n) is 12.4. The van der Waals surface area contributed by atoms with E-state index in [2.05, 4.69) is 4.74 Å². The summed E-state index contributed by atoms with van der Waals surface area (Å²) in [6.07, 6.45) is -4.82. The van der Waals surface area contributed by atoms with Crippen LogP contribution >= 0.6 is 0 Å². The smallest absolute Gasteiger partial charge is 0.414 e. The molecule has 0 aliphatic carbocycles. The number of hydrogen-bond donors (Lipinski definition) is 1. The van der Waals surface area contributed by atoms with Crippen LogP contribution in [-0.2, 0) is 14.3 Å². The topological polar surface area (TPSA) is 70.1 Å². The molecule has 3 atom stereocenters. The number of aliphatic hydroxyl groups is 1. The Morgan fingerprint density at radius 2 is 2.18 bits per heavy atom. The maximum Gasteiger partial charge on any atom is 0.414 e. The second-order valence-electron chi connectivity index (χ2n) is 5.63. The van der Waals surface area contributed by atoms with E-state index >= 15 is 0 Å². The average molecular weight is 324 g/mol. The molecule has 1 N–H and O–H groups in total. The van der Waals surface area contributed by atoms with Gasteiger partial charge in [-0.3, -0.25) is 9.69 Å². The highest BCUT2D eigenvalue weighted by Gasteiger charge is 2.58. The fourth-order valence-electron chi connectivity index (χ4n) is 3.44. The fraction of sp³-hybridized carbons (Fsp3) is 0.846. The van der Waals surface area contributed by atoms with Crippen LogP contribution < -0.4 is 0 Å². The first-order valence-electron chi connectivity index (χ1n) is 7.06. The minimum Gasteiger partial charge on any atom is -0.468 e. The highest BCUT2D eigenvalue weighted by molar-refractivity contribution is 5.80. The molecule has 2 fully saturated rings. The number of esters is 1. The number of hydrogen-bond acceptors (Lipinski definition) is 5. The largest absolute Gasteiger partial charge is 0.468 e. The van der Waals surface area contributed by atoms with Gasteiger partial charge in [-0.1, -0.05) is 0 Å². The third-order valence-electron chi connectivity index (χ3n) is 4.48. The lowest BCUT2D eigenvalue weighted by molar-refractivity contribution is -0.217. The third kappa shape index (κ3) is 2.67. The summed E-state index contributed by atoms with van der Waals surface area (Å²) in [5.74, 6) is -2.31. The molecule has 1 amide bonds. The van der Waals surface area contributed by atoms with Crippen molar-refractivity contribution < 1.29 is 32.6 Å². The Kier molecular flexibility index (Phi) is 4.40. The summed E-state index contributed by atoms with van der Waals surface area (Å²) in [5.41, 5.74) is -1.42. The average Bonchev–Trinajstić information content (AvgIpc) is 2.66. The van der Waals surface area contributed by atoms with E-state index < -0.39 is 29.8 Å². The summed E-state index contributed by atoms with van der Waals surface area (Å²) in [6, 6.07) is -2.37. The van der Waals surface area contributed by atoms with Crippen molar-refractivity contribution in [2.45, 2.75) is 37.7 Å².